The second-order valence-electron chi connectivity index (χ2n) is 0. The van der Waals surface area contributed by atoms with Crippen molar-refractivity contribution in [1.29, 1.82) is 0 Å². The molecule has 0 N–H and O–H groups in total. The third-order valence-corrected chi connectivity index (χ3v) is 0. The van der Waals surface area contributed by atoms with Crippen LogP contribution in [-0.2, 0) is 0 Å². The molecule has 0 aromatic rings. The number of hydrogen-bond donors (Lipinski definition) is 0. The van der Waals surface area contributed by atoms with E-state index in [1.807, 2.05) is 125 Å². The van der Waals surface area contributed by atoms with Crippen LogP contribution >= 0.6 is 0 Å². The first-order valence-electron chi connectivity index (χ1n) is 9.00. The summed E-state index contributed by atoms with van der Waals surface area (Å²) >= 11 is 0. The van der Waals surface area contributed by atoms with Gasteiger partial charge in [-0.25, -0.2) is 0 Å². The van der Waals surface area contributed by atoms with Gasteiger partial charge in [0.05, 0.1) is 0 Å². The van der Waals surface area contributed by atoms with Crippen molar-refractivity contribution in [3.8, 4) is 0 Å². The molecule has 0 unspecified atom stereocenters. The Bertz CT molecular complexity index is 0. The standard InChI is InChI=1S/9C2H6.4CH4/c9*1-2;;;;/h9*1-2H3;4*1H4. The fourth-order valence-corrected chi connectivity index (χ4v) is 0. The largest absolute Gasteiger partial charge is 0.0776 e. The van der Waals surface area contributed by atoms with Crippen molar-refractivity contribution >= 4 is 0 Å². The second-order valence-corrected chi connectivity index (χ2v) is 0. The van der Waals surface area contributed by atoms with E-state index >= 15 is 0 Å². The Kier molecular flexibility index (Phi) is 0. The smallest absolute Gasteiger partial charge is 0.0683 e. The molecule has 0 aliphatic carbocycles. The fraction of sp³-hybridized carbons (Fsp3) is 1.00. The van der Waals surface area contributed by atoms with Gasteiger partial charge >= 0.3 is 0 Å². The van der Waals surface area contributed by atoms with E-state index in [4.69, 9.17) is 0 Å². The molecule has 0 heteroatoms. The Balaban J connectivity index is -0.00000000368. The lowest BCUT2D eigenvalue weighted by Gasteiger charge is -1.07. The van der Waals surface area contributed by atoms with Crippen LogP contribution in [0.1, 0.15) is 154 Å². The summed E-state index contributed by atoms with van der Waals surface area (Å²) in [4.78, 5) is 0. The Labute approximate surface area is 154 Å². The fourth-order valence-electron chi connectivity index (χ4n) is 0. The SMILES string of the molecule is C.C.C.C.CC.CC.CC.CC.CC.CC.CC.CC.CC. The first kappa shape index (κ1) is 120. The van der Waals surface area contributed by atoms with Crippen LogP contribution < -0.4 is 0 Å². The third-order valence-electron chi connectivity index (χ3n) is 0. The zero-order chi connectivity index (χ0) is 18.0. The summed E-state index contributed by atoms with van der Waals surface area (Å²) in [6, 6.07) is 0. The summed E-state index contributed by atoms with van der Waals surface area (Å²) in [5, 5.41) is 0. The highest BCUT2D eigenvalue weighted by molar-refractivity contribution is 3.52. The van der Waals surface area contributed by atoms with Crippen LogP contribution in [-0.4, -0.2) is 0 Å². The molecular weight excluding hydrogens is 264 g/mol. The molecule has 0 heterocycles. The molecule has 0 aromatic carbocycles. The summed E-state index contributed by atoms with van der Waals surface area (Å²) in [5.74, 6) is 0. The predicted molar refractivity (Wildman–Crippen MR) is 129 cm³/mol. The lowest BCUT2D eigenvalue weighted by molar-refractivity contribution is 1.50. The van der Waals surface area contributed by atoms with E-state index in [9.17, 15) is 0 Å². The van der Waals surface area contributed by atoms with E-state index in [-0.39, 0.29) is 29.7 Å². The Morgan fingerprint density at radius 3 is 0.136 bits per heavy atom. The highest BCUT2D eigenvalue weighted by Gasteiger charge is 0.948. The molecule has 22 heavy (non-hydrogen) atoms. The summed E-state index contributed by atoms with van der Waals surface area (Å²) in [5.41, 5.74) is 0. The van der Waals surface area contributed by atoms with Gasteiger partial charge < -0.3 is 0 Å². The van der Waals surface area contributed by atoms with Crippen molar-refractivity contribution in [3.63, 3.8) is 0 Å². The molecular formula is C22H70. The second kappa shape index (κ2) is 0. The molecule has 0 rings (SSSR count). The van der Waals surface area contributed by atoms with Gasteiger partial charge in [0, 0.05) is 0 Å². The molecule has 0 aliphatic rings. The van der Waals surface area contributed by atoms with E-state index in [2.05, 4.69) is 0 Å². The first-order valence-corrected chi connectivity index (χ1v) is 9.00. The molecule has 0 fully saturated rings. The van der Waals surface area contributed by atoms with Crippen LogP contribution in [0.2, 0.25) is 0 Å². The van der Waals surface area contributed by atoms with Crippen LogP contribution in [0.3, 0.4) is 0 Å². The molecule has 0 nitrogen and oxygen atoms in total. The maximum Gasteiger partial charge on any atom is -0.0683 e. The van der Waals surface area contributed by atoms with Gasteiger partial charge in [-0.3, -0.25) is 0 Å². The third kappa shape index (κ3) is 0. The van der Waals surface area contributed by atoms with Crippen LogP contribution in [0.4, 0.5) is 0 Å². The van der Waals surface area contributed by atoms with Crippen molar-refractivity contribution in [2.24, 2.45) is 0 Å². The molecule has 0 saturated carbocycles. The highest BCUT2D eigenvalue weighted by atomic mass is 13.0. The molecule has 0 amide bonds. The van der Waals surface area contributed by atoms with E-state index < -0.39 is 0 Å². The Morgan fingerprint density at radius 1 is 0.136 bits per heavy atom. The highest BCUT2D eigenvalue weighted by Crippen LogP contribution is 1.16. The molecule has 158 valence electrons. The van der Waals surface area contributed by atoms with Crippen LogP contribution in [0.15, 0.2) is 0 Å². The molecule has 0 aliphatic heterocycles. The minimum atomic E-state index is 0. The van der Waals surface area contributed by atoms with Crippen molar-refractivity contribution < 1.29 is 0 Å². The maximum atomic E-state index is 2.00. The summed E-state index contributed by atoms with van der Waals surface area (Å²) < 4.78 is 0. The van der Waals surface area contributed by atoms with Crippen molar-refractivity contribution in [2.75, 3.05) is 0 Å². The zero-order valence-electron chi connectivity index (χ0n) is 18.0. The molecule has 0 saturated heterocycles. The zero-order valence-corrected chi connectivity index (χ0v) is 18.0. The molecule has 0 radical (unpaired) electrons. The molecule has 0 aromatic heterocycles. The van der Waals surface area contributed by atoms with Gasteiger partial charge in [0.15, 0.2) is 0 Å². The van der Waals surface area contributed by atoms with Crippen LogP contribution in [0, 0.1) is 0 Å². The average molecular weight is 335 g/mol. The number of rotatable bonds is 0. The van der Waals surface area contributed by atoms with Crippen molar-refractivity contribution in [2.45, 2.75) is 154 Å². The number of hydrogen-bond acceptors (Lipinski definition) is 0. The lowest BCUT2D eigenvalue weighted by Crippen LogP contribution is -0.856. The van der Waals surface area contributed by atoms with Gasteiger partial charge in [0.25, 0.3) is 0 Å². The summed E-state index contributed by atoms with van der Waals surface area (Å²) in [6.45, 7) is 36.0. The summed E-state index contributed by atoms with van der Waals surface area (Å²) in [7, 11) is 0. The van der Waals surface area contributed by atoms with Gasteiger partial charge in [-0.1, -0.05) is 154 Å². The molecule has 0 spiro atoms. The Hall–Kier alpha value is 0. The van der Waals surface area contributed by atoms with E-state index in [1.54, 1.807) is 0 Å². The van der Waals surface area contributed by atoms with Crippen molar-refractivity contribution in [1.82, 2.24) is 0 Å². The monoisotopic (exact) mass is 335 g/mol. The van der Waals surface area contributed by atoms with Gasteiger partial charge in [-0.2, -0.15) is 0 Å². The normalized spacial score (nSPS) is 2.45. The predicted octanol–water partition coefficient (Wildman–Crippen LogP) is 11.8. The van der Waals surface area contributed by atoms with Gasteiger partial charge in [-0.15, -0.1) is 0 Å². The minimum absolute atomic E-state index is 0. The van der Waals surface area contributed by atoms with Gasteiger partial charge in [0.1, 0.15) is 0 Å². The quantitative estimate of drug-likeness (QED) is 0.413. The van der Waals surface area contributed by atoms with Crippen molar-refractivity contribution in [3.05, 3.63) is 0 Å². The summed E-state index contributed by atoms with van der Waals surface area (Å²) in [6.07, 6.45) is 0. The first-order chi connectivity index (χ1) is 9.00. The average Bonchev–Trinajstić information content (AvgIpc) is 2.63. The molecule has 0 atom stereocenters. The van der Waals surface area contributed by atoms with E-state index in [0.717, 1.165) is 0 Å². The maximum absolute atomic E-state index is 2.00. The van der Waals surface area contributed by atoms with Crippen LogP contribution in [0.5, 0.6) is 0 Å². The topological polar surface area (TPSA) is 0 Å². The van der Waals surface area contributed by atoms with Gasteiger partial charge in [0.2, 0.25) is 0 Å². The van der Waals surface area contributed by atoms with E-state index in [0.29, 0.717) is 0 Å². The van der Waals surface area contributed by atoms with Crippen LogP contribution in [0.25, 0.3) is 0 Å². The minimum Gasteiger partial charge on any atom is -0.0776 e. The molecule has 0 bridgehead atoms. The van der Waals surface area contributed by atoms with E-state index in [1.165, 1.54) is 0 Å². The Morgan fingerprint density at radius 2 is 0.136 bits per heavy atom. The lowest BCUT2D eigenvalue weighted by atomic mass is 11.0. The van der Waals surface area contributed by atoms with Gasteiger partial charge in [-0.05, 0) is 0 Å².